The highest BCUT2D eigenvalue weighted by molar-refractivity contribution is 5.97. The van der Waals surface area contributed by atoms with E-state index in [2.05, 4.69) is 10.6 Å². The molecular weight excluding hydrogens is 289 g/mol. The van der Waals surface area contributed by atoms with E-state index in [4.69, 9.17) is 0 Å². The van der Waals surface area contributed by atoms with E-state index < -0.39 is 17.6 Å². The van der Waals surface area contributed by atoms with Crippen molar-refractivity contribution in [3.05, 3.63) is 35.6 Å². The van der Waals surface area contributed by atoms with Crippen LogP contribution in [0.2, 0.25) is 0 Å². The Bertz CT molecular complexity index is 561. The van der Waals surface area contributed by atoms with Crippen LogP contribution in [0.1, 0.15) is 24.2 Å². The van der Waals surface area contributed by atoms with E-state index in [0.29, 0.717) is 0 Å². The van der Waals surface area contributed by atoms with E-state index in [-0.39, 0.29) is 30.6 Å². The fraction of sp³-hybridized carbons (Fsp3) is 0.400. The standard InChI is InChI=1S/C15H20FN3O3/c1-10(2)18-13(20)9-19(3)14(21)8-17-15(22)11-6-4-5-7-12(11)16/h4-7,10H,8-9H2,1-3H3,(H,17,22)(H,18,20). The van der Waals surface area contributed by atoms with Gasteiger partial charge in [0.05, 0.1) is 18.7 Å². The lowest BCUT2D eigenvalue weighted by atomic mass is 10.2. The van der Waals surface area contributed by atoms with Crippen LogP contribution in [0.5, 0.6) is 0 Å². The van der Waals surface area contributed by atoms with Gasteiger partial charge in [0.2, 0.25) is 11.8 Å². The number of nitrogens with zero attached hydrogens (tertiary/aromatic N) is 1. The third-order valence-corrected chi connectivity index (χ3v) is 2.77. The number of carbonyl (C=O) groups is 3. The Morgan fingerprint density at radius 1 is 1.23 bits per heavy atom. The Morgan fingerprint density at radius 3 is 2.45 bits per heavy atom. The van der Waals surface area contributed by atoms with Gasteiger partial charge >= 0.3 is 0 Å². The molecule has 0 heterocycles. The quantitative estimate of drug-likeness (QED) is 0.805. The summed E-state index contributed by atoms with van der Waals surface area (Å²) in [4.78, 5) is 36.3. The maximum atomic E-state index is 13.4. The minimum atomic E-state index is -0.675. The molecule has 0 unspecified atom stereocenters. The van der Waals surface area contributed by atoms with E-state index in [1.165, 1.54) is 36.2 Å². The van der Waals surface area contributed by atoms with Crippen LogP contribution in [0.15, 0.2) is 24.3 Å². The van der Waals surface area contributed by atoms with Crippen molar-refractivity contribution >= 4 is 17.7 Å². The first-order valence-corrected chi connectivity index (χ1v) is 6.87. The fourth-order valence-electron chi connectivity index (χ4n) is 1.70. The Labute approximate surface area is 128 Å². The van der Waals surface area contributed by atoms with Gasteiger partial charge in [0.1, 0.15) is 5.82 Å². The summed E-state index contributed by atoms with van der Waals surface area (Å²) in [6.45, 7) is 3.22. The summed E-state index contributed by atoms with van der Waals surface area (Å²) < 4.78 is 13.4. The molecule has 2 N–H and O–H groups in total. The van der Waals surface area contributed by atoms with E-state index in [1.54, 1.807) is 0 Å². The molecule has 6 nitrogen and oxygen atoms in total. The molecule has 0 saturated heterocycles. The van der Waals surface area contributed by atoms with Gasteiger partial charge in [-0.25, -0.2) is 4.39 Å². The molecule has 0 aliphatic heterocycles. The molecule has 22 heavy (non-hydrogen) atoms. The molecule has 1 aromatic rings. The molecular formula is C15H20FN3O3. The normalized spacial score (nSPS) is 10.2. The molecule has 1 aromatic carbocycles. The van der Waals surface area contributed by atoms with Crippen molar-refractivity contribution in [2.24, 2.45) is 0 Å². The number of rotatable bonds is 6. The van der Waals surface area contributed by atoms with Crippen LogP contribution in [0, 0.1) is 5.82 Å². The highest BCUT2D eigenvalue weighted by Crippen LogP contribution is 2.05. The predicted octanol–water partition coefficient (Wildman–Crippen LogP) is 0.538. The van der Waals surface area contributed by atoms with Gasteiger partial charge < -0.3 is 15.5 Å². The molecule has 1 rings (SSSR count). The minimum Gasteiger partial charge on any atom is -0.352 e. The van der Waals surface area contributed by atoms with Crippen molar-refractivity contribution in [2.45, 2.75) is 19.9 Å². The first-order chi connectivity index (χ1) is 10.3. The second kappa shape index (κ2) is 8.11. The van der Waals surface area contributed by atoms with Crippen LogP contribution in [0.25, 0.3) is 0 Å². The lowest BCUT2D eigenvalue weighted by Gasteiger charge is -2.18. The van der Waals surface area contributed by atoms with Gasteiger partial charge in [-0.15, -0.1) is 0 Å². The Kier molecular flexibility index (Phi) is 6.49. The van der Waals surface area contributed by atoms with Gasteiger partial charge in [-0.05, 0) is 26.0 Å². The third-order valence-electron chi connectivity index (χ3n) is 2.77. The molecule has 0 aromatic heterocycles. The number of benzene rings is 1. The Balaban J connectivity index is 2.47. The predicted molar refractivity (Wildman–Crippen MR) is 79.6 cm³/mol. The first-order valence-electron chi connectivity index (χ1n) is 6.87. The average molecular weight is 309 g/mol. The molecule has 7 heteroatoms. The molecule has 0 fully saturated rings. The zero-order valence-corrected chi connectivity index (χ0v) is 12.9. The second-order valence-electron chi connectivity index (χ2n) is 5.13. The summed E-state index contributed by atoms with van der Waals surface area (Å²) in [5.74, 6) is -2.06. The largest absolute Gasteiger partial charge is 0.352 e. The molecule has 0 spiro atoms. The molecule has 0 atom stereocenters. The smallest absolute Gasteiger partial charge is 0.254 e. The van der Waals surface area contributed by atoms with Gasteiger partial charge in [-0.3, -0.25) is 14.4 Å². The molecule has 3 amide bonds. The maximum Gasteiger partial charge on any atom is 0.254 e. The van der Waals surface area contributed by atoms with E-state index in [9.17, 15) is 18.8 Å². The number of nitrogens with one attached hydrogen (secondary N) is 2. The topological polar surface area (TPSA) is 78.5 Å². The molecule has 0 aliphatic rings. The van der Waals surface area contributed by atoms with Gasteiger partial charge in [0.15, 0.2) is 0 Å². The summed E-state index contributed by atoms with van der Waals surface area (Å²) >= 11 is 0. The summed E-state index contributed by atoms with van der Waals surface area (Å²) in [7, 11) is 1.46. The number of carbonyl (C=O) groups excluding carboxylic acids is 3. The Hall–Kier alpha value is -2.44. The average Bonchev–Trinajstić information content (AvgIpc) is 2.43. The summed E-state index contributed by atoms with van der Waals surface area (Å²) in [6, 6.07) is 5.48. The number of halogens is 1. The van der Waals surface area contributed by atoms with Crippen molar-refractivity contribution in [1.29, 1.82) is 0 Å². The fourth-order valence-corrected chi connectivity index (χ4v) is 1.70. The van der Waals surface area contributed by atoms with Crippen LogP contribution in [-0.4, -0.2) is 48.8 Å². The van der Waals surface area contributed by atoms with Crippen LogP contribution < -0.4 is 10.6 Å². The highest BCUT2D eigenvalue weighted by Gasteiger charge is 2.16. The van der Waals surface area contributed by atoms with Crippen molar-refractivity contribution in [1.82, 2.24) is 15.5 Å². The molecule has 120 valence electrons. The molecule has 0 aliphatic carbocycles. The minimum absolute atomic E-state index is 0.0169. The van der Waals surface area contributed by atoms with Crippen LogP contribution in [-0.2, 0) is 9.59 Å². The van der Waals surface area contributed by atoms with Crippen LogP contribution in [0.4, 0.5) is 4.39 Å². The van der Waals surface area contributed by atoms with Crippen LogP contribution >= 0.6 is 0 Å². The number of hydrogen-bond donors (Lipinski definition) is 2. The van der Waals surface area contributed by atoms with E-state index >= 15 is 0 Å². The number of hydrogen-bond acceptors (Lipinski definition) is 3. The van der Waals surface area contributed by atoms with Crippen LogP contribution in [0.3, 0.4) is 0 Å². The van der Waals surface area contributed by atoms with Gasteiger partial charge in [-0.2, -0.15) is 0 Å². The van der Waals surface area contributed by atoms with Crippen molar-refractivity contribution in [3.8, 4) is 0 Å². The highest BCUT2D eigenvalue weighted by atomic mass is 19.1. The van der Waals surface area contributed by atoms with Crippen molar-refractivity contribution in [3.63, 3.8) is 0 Å². The third kappa shape index (κ3) is 5.51. The van der Waals surface area contributed by atoms with Crippen molar-refractivity contribution in [2.75, 3.05) is 20.1 Å². The summed E-state index contributed by atoms with van der Waals surface area (Å²) in [5, 5.41) is 4.99. The van der Waals surface area contributed by atoms with Gasteiger partial charge in [0.25, 0.3) is 5.91 Å². The lowest BCUT2D eigenvalue weighted by Crippen LogP contribution is -2.44. The van der Waals surface area contributed by atoms with E-state index in [0.717, 1.165) is 0 Å². The number of amides is 3. The van der Waals surface area contributed by atoms with E-state index in [1.807, 2.05) is 13.8 Å². The molecule has 0 bridgehead atoms. The summed E-state index contributed by atoms with van der Waals surface area (Å²) in [6.07, 6.45) is 0. The molecule has 0 radical (unpaired) electrons. The number of likely N-dealkylation sites (N-methyl/N-ethyl adjacent to an activating group) is 1. The first kappa shape index (κ1) is 17.6. The maximum absolute atomic E-state index is 13.4. The second-order valence-corrected chi connectivity index (χ2v) is 5.13. The zero-order valence-electron chi connectivity index (χ0n) is 12.9. The lowest BCUT2D eigenvalue weighted by molar-refractivity contribution is -0.134. The molecule has 0 saturated carbocycles. The van der Waals surface area contributed by atoms with Gasteiger partial charge in [0, 0.05) is 13.1 Å². The summed E-state index contributed by atoms with van der Waals surface area (Å²) in [5.41, 5.74) is -0.129. The Morgan fingerprint density at radius 2 is 1.86 bits per heavy atom. The van der Waals surface area contributed by atoms with Crippen molar-refractivity contribution < 1.29 is 18.8 Å². The zero-order chi connectivity index (χ0) is 16.7. The SMILES string of the molecule is CC(C)NC(=O)CN(C)C(=O)CNC(=O)c1ccccc1F. The monoisotopic (exact) mass is 309 g/mol. The van der Waals surface area contributed by atoms with Gasteiger partial charge in [-0.1, -0.05) is 12.1 Å².